The van der Waals surface area contributed by atoms with Crippen molar-refractivity contribution in [3.8, 4) is 0 Å². The number of fused-ring (bicyclic) bond motifs is 1. The maximum Gasteiger partial charge on any atom is 0.192 e. The van der Waals surface area contributed by atoms with Crippen LogP contribution in [0.25, 0.3) is 11.1 Å². The molecule has 3 nitrogen and oxygen atoms in total. The van der Waals surface area contributed by atoms with Crippen molar-refractivity contribution in [1.82, 2.24) is 4.98 Å². The first kappa shape index (κ1) is 24.5. The lowest BCUT2D eigenvalue weighted by molar-refractivity contribution is 0.174. The summed E-state index contributed by atoms with van der Waals surface area (Å²) in [6.07, 6.45) is 1.97. The van der Waals surface area contributed by atoms with Crippen LogP contribution in [-0.2, 0) is 10.8 Å². The van der Waals surface area contributed by atoms with Crippen molar-refractivity contribution >= 4 is 57.9 Å². The Morgan fingerprint density at radius 3 is 2.48 bits per heavy atom. The highest BCUT2D eigenvalue weighted by Gasteiger charge is 2.39. The third-order valence-corrected chi connectivity index (χ3v) is 10.9. The molecule has 0 saturated heterocycles. The van der Waals surface area contributed by atoms with Crippen LogP contribution in [0, 0.1) is 6.92 Å². The number of aryl methyl sites for hydroxylation is 2. The smallest absolute Gasteiger partial charge is 0.192 e. The van der Waals surface area contributed by atoms with Gasteiger partial charge in [0.25, 0.3) is 0 Å². The number of hydrogen-bond acceptors (Lipinski definition) is 3. The maximum atomic E-state index is 6.88. The molecule has 1 aromatic heterocycles. The van der Waals surface area contributed by atoms with Gasteiger partial charge in [-0.05, 0) is 59.5 Å². The van der Waals surface area contributed by atoms with Crippen LogP contribution in [0.3, 0.4) is 0 Å². The van der Waals surface area contributed by atoms with Crippen LogP contribution < -0.4 is 5.30 Å². The van der Waals surface area contributed by atoms with E-state index in [1.807, 2.05) is 13.0 Å². The lowest BCUT2D eigenvalue weighted by Crippen LogP contribution is -2.42. The Kier molecular flexibility index (Phi) is 8.11. The van der Waals surface area contributed by atoms with Crippen molar-refractivity contribution in [2.24, 2.45) is 0 Å². The minimum atomic E-state index is -1.91. The standard InChI is InChI=1S/C23H32NO2PSi.HI/c1-16-24-19-15-18(12-14-21(19)25-16)20(26-28(5,6)23(2,3)4)13-11-17-9-7-8-10-22(17)27;/h7-10,12,14-15,20H,11,13,27H2,1-6H3;1H/t20-;/m0./s1. The topological polar surface area (TPSA) is 35.3 Å². The molecule has 0 bridgehead atoms. The molecular weight excluding hydrogens is 508 g/mol. The monoisotopic (exact) mass is 541 g/mol. The van der Waals surface area contributed by atoms with Gasteiger partial charge < -0.3 is 8.84 Å². The second kappa shape index (κ2) is 9.59. The van der Waals surface area contributed by atoms with Gasteiger partial charge in [0, 0.05) is 6.92 Å². The zero-order valence-corrected chi connectivity index (χ0v) is 22.8. The van der Waals surface area contributed by atoms with Crippen LogP contribution in [0.1, 0.15) is 50.3 Å². The number of hydrogen-bond donors (Lipinski definition) is 0. The average molecular weight is 541 g/mol. The summed E-state index contributed by atoms with van der Waals surface area (Å²) < 4.78 is 12.5. The Morgan fingerprint density at radius 1 is 1.14 bits per heavy atom. The molecule has 0 fully saturated rings. The largest absolute Gasteiger partial charge is 0.441 e. The summed E-state index contributed by atoms with van der Waals surface area (Å²) in [5.41, 5.74) is 4.29. The van der Waals surface area contributed by atoms with E-state index in [1.165, 1.54) is 16.4 Å². The fourth-order valence-corrected chi connectivity index (χ4v) is 4.80. The van der Waals surface area contributed by atoms with Gasteiger partial charge >= 0.3 is 0 Å². The second-order valence-electron chi connectivity index (χ2n) is 9.06. The van der Waals surface area contributed by atoms with Gasteiger partial charge in [0.05, 0.1) is 6.10 Å². The van der Waals surface area contributed by atoms with E-state index in [9.17, 15) is 0 Å². The first-order valence-electron chi connectivity index (χ1n) is 9.95. The fourth-order valence-electron chi connectivity index (χ4n) is 3.13. The Labute approximate surface area is 195 Å². The van der Waals surface area contributed by atoms with E-state index in [0.717, 1.165) is 23.9 Å². The van der Waals surface area contributed by atoms with Gasteiger partial charge in [-0.2, -0.15) is 0 Å². The lowest BCUT2D eigenvalue weighted by Gasteiger charge is -2.39. The van der Waals surface area contributed by atoms with E-state index in [1.54, 1.807) is 0 Å². The Morgan fingerprint density at radius 2 is 1.83 bits per heavy atom. The molecule has 3 aromatic rings. The van der Waals surface area contributed by atoms with Crippen molar-refractivity contribution in [2.75, 3.05) is 0 Å². The normalized spacial score (nSPS) is 13.3. The summed E-state index contributed by atoms with van der Waals surface area (Å²) in [6.45, 7) is 13.4. The van der Waals surface area contributed by atoms with Crippen molar-refractivity contribution < 1.29 is 8.84 Å². The predicted octanol–water partition coefficient (Wildman–Crippen LogP) is 6.95. The molecule has 3 rings (SSSR count). The van der Waals surface area contributed by atoms with E-state index in [0.29, 0.717) is 5.89 Å². The first-order valence-corrected chi connectivity index (χ1v) is 13.4. The number of nitrogens with zero attached hydrogens (tertiary/aromatic N) is 1. The van der Waals surface area contributed by atoms with Crippen LogP contribution in [-0.4, -0.2) is 13.3 Å². The summed E-state index contributed by atoms with van der Waals surface area (Å²) in [7, 11) is 0.933. The van der Waals surface area contributed by atoms with E-state index in [-0.39, 0.29) is 35.1 Å². The summed E-state index contributed by atoms with van der Waals surface area (Å²) in [4.78, 5) is 4.52. The van der Waals surface area contributed by atoms with E-state index >= 15 is 0 Å². The van der Waals surface area contributed by atoms with Gasteiger partial charge in [0.2, 0.25) is 0 Å². The molecule has 1 unspecified atom stereocenters. The van der Waals surface area contributed by atoms with E-state index < -0.39 is 8.32 Å². The highest BCUT2D eigenvalue weighted by Crippen LogP contribution is 2.41. The van der Waals surface area contributed by atoms with Gasteiger partial charge in [0.15, 0.2) is 19.8 Å². The van der Waals surface area contributed by atoms with Crippen molar-refractivity contribution in [3.63, 3.8) is 0 Å². The molecule has 158 valence electrons. The van der Waals surface area contributed by atoms with Crippen LogP contribution in [0.2, 0.25) is 18.1 Å². The molecule has 2 aromatic carbocycles. The Hall–Kier alpha value is -0.753. The maximum absolute atomic E-state index is 6.88. The number of aromatic nitrogens is 1. The third-order valence-electron chi connectivity index (χ3n) is 5.86. The molecule has 1 heterocycles. The zero-order valence-electron chi connectivity index (χ0n) is 18.3. The zero-order chi connectivity index (χ0) is 20.5. The molecule has 0 aliphatic carbocycles. The quantitative estimate of drug-likeness (QED) is 0.193. The molecule has 2 atom stereocenters. The van der Waals surface area contributed by atoms with Gasteiger partial charge in [-0.25, -0.2) is 4.98 Å². The summed E-state index contributed by atoms with van der Waals surface area (Å²) in [5.74, 6) is 0.700. The van der Waals surface area contributed by atoms with E-state index in [4.69, 9.17) is 8.84 Å². The molecule has 6 heteroatoms. The van der Waals surface area contributed by atoms with E-state index in [2.05, 4.69) is 84.5 Å². The van der Waals surface area contributed by atoms with Crippen LogP contribution in [0.5, 0.6) is 0 Å². The number of rotatable bonds is 6. The van der Waals surface area contributed by atoms with Crippen LogP contribution in [0.4, 0.5) is 0 Å². The Balaban J connectivity index is 0.00000300. The predicted molar refractivity (Wildman–Crippen MR) is 139 cm³/mol. The van der Waals surface area contributed by atoms with Crippen molar-refractivity contribution in [1.29, 1.82) is 0 Å². The minimum absolute atomic E-state index is 0. The average Bonchev–Trinajstić information content (AvgIpc) is 2.97. The van der Waals surface area contributed by atoms with Gasteiger partial charge in [-0.3, -0.25) is 0 Å². The summed E-state index contributed by atoms with van der Waals surface area (Å²) in [5, 5.41) is 1.43. The number of benzene rings is 2. The second-order valence-corrected chi connectivity index (χ2v) is 14.4. The first-order chi connectivity index (χ1) is 13.1. The van der Waals surface area contributed by atoms with Gasteiger partial charge in [-0.1, -0.05) is 51.1 Å². The minimum Gasteiger partial charge on any atom is -0.441 e. The molecule has 29 heavy (non-hydrogen) atoms. The molecule has 0 aliphatic heterocycles. The van der Waals surface area contributed by atoms with Crippen molar-refractivity contribution in [2.45, 2.75) is 64.8 Å². The molecule has 0 N–H and O–H groups in total. The number of oxazole rings is 1. The van der Waals surface area contributed by atoms with Gasteiger partial charge in [-0.15, -0.1) is 33.2 Å². The summed E-state index contributed by atoms with van der Waals surface area (Å²) in [6, 6.07) is 14.8. The molecule has 0 saturated carbocycles. The van der Waals surface area contributed by atoms with Crippen molar-refractivity contribution in [3.05, 3.63) is 59.5 Å². The SMILES string of the molecule is Cc1nc2cc([C@H](CCc3ccccc3P)O[Si](C)(C)C(C)(C)C)ccc2o1.I. The van der Waals surface area contributed by atoms with Gasteiger partial charge in [0.1, 0.15) is 5.52 Å². The number of halogens is 1. The molecular formula is C23H33INO2PSi. The highest BCUT2D eigenvalue weighted by atomic mass is 127. The summed E-state index contributed by atoms with van der Waals surface area (Å²) >= 11 is 0. The highest BCUT2D eigenvalue weighted by molar-refractivity contribution is 14.0. The third kappa shape index (κ3) is 5.90. The molecule has 0 aliphatic rings. The molecule has 0 radical (unpaired) electrons. The lowest BCUT2D eigenvalue weighted by atomic mass is 10.0. The molecule has 0 amide bonds. The van der Waals surface area contributed by atoms with Crippen LogP contribution >= 0.6 is 33.2 Å². The Bertz CT molecular complexity index is 965. The van der Waals surface area contributed by atoms with Crippen LogP contribution in [0.15, 0.2) is 46.9 Å². The fraction of sp³-hybridized carbons (Fsp3) is 0.435. The molecule has 0 spiro atoms.